The molecule has 8 nitrogen and oxygen atoms in total. The van der Waals surface area contributed by atoms with Crippen molar-refractivity contribution >= 4 is 17.3 Å². The molecule has 42 heavy (non-hydrogen) atoms. The number of fused-ring (bicyclic) bond motifs is 2. The molecule has 1 aromatic carbocycles. The third-order valence-electron chi connectivity index (χ3n) is 8.06. The first-order valence-corrected chi connectivity index (χ1v) is 13.2. The van der Waals surface area contributed by atoms with Gasteiger partial charge in [0.1, 0.15) is 29.3 Å². The minimum Gasteiger partial charge on any atom is -0.489 e. The Labute approximate surface area is 237 Å². The van der Waals surface area contributed by atoms with Crippen LogP contribution in [0.1, 0.15) is 52.9 Å². The number of alkyl halides is 3. The molecule has 0 bridgehead atoms. The van der Waals surface area contributed by atoms with E-state index in [1.807, 2.05) is 12.3 Å². The molecular weight excluding hydrogens is 556 g/mol. The first-order chi connectivity index (χ1) is 19.8. The number of amides is 2. The molecule has 4 heterocycles. The second-order valence-corrected chi connectivity index (χ2v) is 11.1. The summed E-state index contributed by atoms with van der Waals surface area (Å²) in [6.07, 6.45) is 0.265. The maximum atomic E-state index is 14.6. The molecule has 1 aliphatic heterocycles. The van der Waals surface area contributed by atoms with Crippen molar-refractivity contribution in [1.82, 2.24) is 14.7 Å². The van der Waals surface area contributed by atoms with Gasteiger partial charge in [-0.1, -0.05) is 0 Å². The van der Waals surface area contributed by atoms with Gasteiger partial charge in [0.2, 0.25) is 11.5 Å². The van der Waals surface area contributed by atoms with Crippen molar-refractivity contribution in [2.75, 3.05) is 13.2 Å². The topological polar surface area (TPSA) is 119 Å². The van der Waals surface area contributed by atoms with E-state index in [1.165, 1.54) is 31.3 Å². The Hall–Kier alpha value is -4.45. The molecule has 0 saturated heterocycles. The van der Waals surface area contributed by atoms with Crippen molar-refractivity contribution in [3.05, 3.63) is 89.1 Å². The van der Waals surface area contributed by atoms with Crippen LogP contribution in [0.25, 0.3) is 16.8 Å². The molecule has 12 heteroatoms. The van der Waals surface area contributed by atoms with Gasteiger partial charge in [0.05, 0.1) is 17.8 Å². The molecule has 2 amide bonds. The molecule has 4 N–H and O–H groups in total. The zero-order valence-electron chi connectivity index (χ0n) is 22.3. The lowest BCUT2D eigenvalue weighted by atomic mass is 9.81. The lowest BCUT2D eigenvalue weighted by Gasteiger charge is -2.31. The first-order valence-electron chi connectivity index (χ1n) is 13.2. The maximum absolute atomic E-state index is 14.6. The molecule has 0 radical (unpaired) electrons. The zero-order valence-corrected chi connectivity index (χ0v) is 22.3. The Morgan fingerprint density at radius 1 is 1.14 bits per heavy atom. The third-order valence-corrected chi connectivity index (χ3v) is 8.06. The third kappa shape index (κ3) is 4.55. The molecule has 2 aliphatic rings. The number of hydrogen-bond donors (Lipinski definition) is 3. The number of halogens is 4. The number of primary amides is 1. The van der Waals surface area contributed by atoms with Crippen LogP contribution in [0, 0.1) is 5.82 Å². The first kappa shape index (κ1) is 27.7. The van der Waals surface area contributed by atoms with E-state index in [0.29, 0.717) is 5.92 Å². The Morgan fingerprint density at radius 3 is 2.50 bits per heavy atom. The van der Waals surface area contributed by atoms with E-state index in [2.05, 4.69) is 10.3 Å². The number of nitrogens with two attached hydrogens (primary N) is 1. The van der Waals surface area contributed by atoms with Crippen LogP contribution in [0.4, 0.5) is 17.6 Å². The van der Waals surface area contributed by atoms with Gasteiger partial charge in [0.15, 0.2) is 0 Å². The summed E-state index contributed by atoms with van der Waals surface area (Å²) in [5.74, 6) is -1.83. The van der Waals surface area contributed by atoms with Gasteiger partial charge in [-0.2, -0.15) is 13.2 Å². The predicted molar refractivity (Wildman–Crippen MR) is 143 cm³/mol. The van der Waals surface area contributed by atoms with Crippen molar-refractivity contribution in [3.63, 3.8) is 0 Å². The fraction of sp³-hybridized carbons (Fsp3) is 0.300. The lowest BCUT2D eigenvalue weighted by Crippen LogP contribution is -2.51. The summed E-state index contributed by atoms with van der Waals surface area (Å²) in [7, 11) is 0. The average molecular weight is 583 g/mol. The number of aliphatic hydroxyl groups is 1. The monoisotopic (exact) mass is 582 g/mol. The Balaban J connectivity index is 1.38. The summed E-state index contributed by atoms with van der Waals surface area (Å²) in [6, 6.07) is 10.8. The van der Waals surface area contributed by atoms with Gasteiger partial charge < -0.3 is 25.3 Å². The fourth-order valence-electron chi connectivity index (χ4n) is 5.15. The van der Waals surface area contributed by atoms with Gasteiger partial charge >= 0.3 is 6.18 Å². The Kier molecular flexibility index (Phi) is 6.30. The van der Waals surface area contributed by atoms with E-state index >= 15 is 0 Å². The van der Waals surface area contributed by atoms with E-state index in [-0.39, 0.29) is 34.7 Å². The second kappa shape index (κ2) is 9.55. The van der Waals surface area contributed by atoms with Crippen molar-refractivity contribution in [2.45, 2.75) is 42.9 Å². The van der Waals surface area contributed by atoms with Crippen LogP contribution in [0.2, 0.25) is 0 Å². The summed E-state index contributed by atoms with van der Waals surface area (Å²) in [6.45, 7) is -0.155. The van der Waals surface area contributed by atoms with Gasteiger partial charge in [-0.25, -0.2) is 9.37 Å². The zero-order chi connectivity index (χ0) is 30.0. The van der Waals surface area contributed by atoms with E-state index in [0.717, 1.165) is 42.1 Å². The van der Waals surface area contributed by atoms with Crippen molar-refractivity contribution < 1.29 is 37.0 Å². The highest BCUT2D eigenvalue weighted by atomic mass is 19.4. The van der Waals surface area contributed by atoms with E-state index < -0.39 is 47.1 Å². The highest BCUT2D eigenvalue weighted by molar-refractivity contribution is 5.94. The summed E-state index contributed by atoms with van der Waals surface area (Å²) in [5, 5.41) is 13.4. The van der Waals surface area contributed by atoms with Crippen molar-refractivity contribution in [1.29, 1.82) is 0 Å². The van der Waals surface area contributed by atoms with Crippen LogP contribution < -0.4 is 15.8 Å². The molecule has 1 aliphatic carbocycles. The molecule has 2 atom stereocenters. The number of rotatable bonds is 7. The number of carbonyl (C=O) groups excluding carboxylic acids is 2. The van der Waals surface area contributed by atoms with Crippen LogP contribution >= 0.6 is 0 Å². The molecule has 1 unspecified atom stereocenters. The van der Waals surface area contributed by atoms with E-state index in [9.17, 15) is 32.3 Å². The Morgan fingerprint density at radius 2 is 1.86 bits per heavy atom. The molecule has 1 fully saturated rings. The quantitative estimate of drug-likeness (QED) is 0.280. The summed E-state index contributed by atoms with van der Waals surface area (Å²) < 4.78 is 64.9. The van der Waals surface area contributed by atoms with Crippen molar-refractivity contribution in [2.24, 2.45) is 5.73 Å². The van der Waals surface area contributed by atoms with Gasteiger partial charge in [-0.05, 0) is 79.8 Å². The number of carbonyl (C=O) groups is 2. The van der Waals surface area contributed by atoms with E-state index in [1.54, 1.807) is 10.5 Å². The van der Waals surface area contributed by atoms with Gasteiger partial charge in [-0.15, -0.1) is 0 Å². The van der Waals surface area contributed by atoms with Crippen LogP contribution in [0.5, 0.6) is 5.75 Å². The van der Waals surface area contributed by atoms with Crippen LogP contribution in [0.15, 0.2) is 60.9 Å². The molecule has 0 spiro atoms. The number of nitrogens with one attached hydrogen (secondary N) is 1. The number of pyridine rings is 2. The molecule has 3 aromatic heterocycles. The highest BCUT2D eigenvalue weighted by Gasteiger charge is 2.57. The summed E-state index contributed by atoms with van der Waals surface area (Å²) in [5.41, 5.74) is 1.57. The molecular formula is C30H26F4N4O4. The SMILES string of the molecule is C[C@]1(C(N)=O)COc2c1cc(C(O)(CNC(=O)c1ccc3cc(C4CC4)cn3c1)C(F)(F)F)nc2-c1ccc(F)cc1. The smallest absolute Gasteiger partial charge is 0.424 e. The highest BCUT2D eigenvalue weighted by Crippen LogP contribution is 2.47. The minimum atomic E-state index is -5.31. The van der Waals surface area contributed by atoms with Crippen LogP contribution in [0.3, 0.4) is 0 Å². The van der Waals surface area contributed by atoms with Crippen LogP contribution in [-0.4, -0.2) is 45.6 Å². The average Bonchev–Trinajstić information content (AvgIpc) is 3.62. The molecule has 4 aromatic rings. The Bertz CT molecular complexity index is 1730. The number of nitrogens with zero attached hydrogens (tertiary/aromatic N) is 2. The molecule has 6 rings (SSSR count). The minimum absolute atomic E-state index is 0.00851. The second-order valence-electron chi connectivity index (χ2n) is 11.1. The van der Waals surface area contributed by atoms with Gasteiger partial charge in [0.25, 0.3) is 5.91 Å². The van der Waals surface area contributed by atoms with E-state index in [4.69, 9.17) is 10.5 Å². The standard InChI is InChI=1S/C30H26F4N4O4/c1-28(27(35)40)15-42-25-22(28)11-23(37-24(25)17-4-7-20(31)8-5-17)29(41,30(32,33)34)14-36-26(39)18-6-9-21-10-19(16-2-3-16)13-38(21)12-18/h4-13,16,41H,2-3,14-15H2,1H3,(H2,35,40)(H,36,39)/t28-,29?/m0/s1. The number of benzene rings is 1. The maximum Gasteiger partial charge on any atom is 0.424 e. The van der Waals surface area contributed by atoms with Crippen LogP contribution in [-0.2, 0) is 15.8 Å². The van der Waals surface area contributed by atoms with Crippen molar-refractivity contribution in [3.8, 4) is 17.0 Å². The van der Waals surface area contributed by atoms with Gasteiger partial charge in [-0.3, -0.25) is 9.59 Å². The van der Waals surface area contributed by atoms with Gasteiger partial charge in [0, 0.05) is 29.0 Å². The largest absolute Gasteiger partial charge is 0.489 e. The number of hydrogen-bond acceptors (Lipinski definition) is 5. The predicted octanol–water partition coefficient (Wildman–Crippen LogP) is 4.33. The summed E-state index contributed by atoms with van der Waals surface area (Å²) in [4.78, 5) is 29.5. The number of ether oxygens (including phenoxy) is 1. The molecule has 1 saturated carbocycles. The molecule has 218 valence electrons. The summed E-state index contributed by atoms with van der Waals surface area (Å²) >= 11 is 0. The lowest BCUT2D eigenvalue weighted by molar-refractivity contribution is -0.265. The number of aromatic nitrogens is 2. The normalized spacial score (nSPS) is 19.7. The fourth-order valence-corrected chi connectivity index (χ4v) is 5.15.